The van der Waals surface area contributed by atoms with E-state index in [1.807, 2.05) is 48.5 Å². The van der Waals surface area contributed by atoms with Crippen LogP contribution in [0.4, 0.5) is 0 Å². The Morgan fingerprint density at radius 1 is 0.926 bits per heavy atom. The predicted octanol–water partition coefficient (Wildman–Crippen LogP) is 6.66. The molecule has 0 amide bonds. The minimum Gasteiger partial charge on any atom is -0.294 e. The largest absolute Gasteiger partial charge is 0.294 e. The van der Waals surface area contributed by atoms with Crippen LogP contribution in [0.1, 0.15) is 39.7 Å². The zero-order chi connectivity index (χ0) is 19.2. The number of carbonyl (C=O) groups excluding carboxylic acids is 1. The maximum absolute atomic E-state index is 12.9. The first kappa shape index (κ1) is 19.2. The van der Waals surface area contributed by atoms with Crippen molar-refractivity contribution in [2.75, 3.05) is 0 Å². The van der Waals surface area contributed by atoms with Crippen molar-refractivity contribution in [1.29, 1.82) is 5.26 Å². The highest BCUT2D eigenvalue weighted by Gasteiger charge is 2.29. The van der Waals surface area contributed by atoms with Gasteiger partial charge >= 0.3 is 0 Å². The second-order valence-electron chi connectivity index (χ2n) is 6.28. The van der Waals surface area contributed by atoms with Gasteiger partial charge in [-0.25, -0.2) is 0 Å². The van der Waals surface area contributed by atoms with E-state index < -0.39 is 5.92 Å². The van der Waals surface area contributed by atoms with Crippen LogP contribution >= 0.6 is 23.2 Å². The molecular weight excluding hydrogens is 377 g/mol. The van der Waals surface area contributed by atoms with Gasteiger partial charge in [0.25, 0.3) is 0 Å². The molecule has 4 heteroatoms. The summed E-state index contributed by atoms with van der Waals surface area (Å²) in [5.74, 6) is -0.887. The molecule has 0 fully saturated rings. The first-order valence-electron chi connectivity index (χ1n) is 8.58. The quantitative estimate of drug-likeness (QED) is 0.439. The molecule has 0 bridgehead atoms. The molecule has 134 valence electrons. The fraction of sp³-hybridized carbons (Fsp3) is 0.130. The molecule has 3 aromatic carbocycles. The van der Waals surface area contributed by atoms with E-state index in [2.05, 4.69) is 6.07 Å². The maximum atomic E-state index is 12.9. The number of nitrogens with zero attached hydrogens (tertiary/aromatic N) is 1. The Kier molecular flexibility index (Phi) is 6.29. The molecule has 0 spiro atoms. The molecule has 0 saturated carbocycles. The van der Waals surface area contributed by atoms with Gasteiger partial charge in [0, 0.05) is 27.9 Å². The number of nitriles is 1. The number of carbonyl (C=O) groups is 1. The molecule has 0 saturated heterocycles. The molecule has 3 aromatic rings. The van der Waals surface area contributed by atoms with Gasteiger partial charge in [-0.1, -0.05) is 89.9 Å². The van der Waals surface area contributed by atoms with Gasteiger partial charge in [0.2, 0.25) is 0 Å². The minimum absolute atomic E-state index is 0.00482. The highest BCUT2D eigenvalue weighted by Crippen LogP contribution is 2.39. The molecule has 2 unspecified atom stereocenters. The normalized spacial score (nSPS) is 12.8. The molecule has 0 aliphatic heterocycles. The van der Waals surface area contributed by atoms with Crippen molar-refractivity contribution in [2.24, 2.45) is 0 Å². The highest BCUT2D eigenvalue weighted by molar-refractivity contribution is 6.35. The SMILES string of the molecule is N#CC(c1ccc(Cl)cc1Cl)C(CC(=O)c1ccccc1)c1ccccc1. The zero-order valence-corrected chi connectivity index (χ0v) is 16.0. The minimum atomic E-state index is -0.565. The van der Waals surface area contributed by atoms with E-state index >= 15 is 0 Å². The van der Waals surface area contributed by atoms with E-state index in [0.29, 0.717) is 21.2 Å². The summed E-state index contributed by atoms with van der Waals surface area (Å²) in [6.45, 7) is 0. The lowest BCUT2D eigenvalue weighted by Crippen LogP contribution is -2.15. The first-order valence-corrected chi connectivity index (χ1v) is 9.33. The van der Waals surface area contributed by atoms with E-state index in [9.17, 15) is 10.1 Å². The lowest BCUT2D eigenvalue weighted by molar-refractivity contribution is 0.0971. The standard InChI is InChI=1S/C23H17Cl2NO/c24-18-11-12-19(22(25)13-18)21(15-26)20(16-7-3-1-4-8-16)14-23(27)17-9-5-2-6-10-17/h1-13,20-21H,14H2. The number of hydrogen-bond donors (Lipinski definition) is 0. The zero-order valence-electron chi connectivity index (χ0n) is 14.5. The fourth-order valence-corrected chi connectivity index (χ4v) is 3.73. The highest BCUT2D eigenvalue weighted by atomic mass is 35.5. The molecule has 0 radical (unpaired) electrons. The molecule has 2 atom stereocenters. The van der Waals surface area contributed by atoms with E-state index in [1.54, 1.807) is 30.3 Å². The predicted molar refractivity (Wildman–Crippen MR) is 109 cm³/mol. The Morgan fingerprint density at radius 2 is 1.56 bits per heavy atom. The molecule has 2 nitrogen and oxygen atoms in total. The van der Waals surface area contributed by atoms with Crippen molar-refractivity contribution >= 4 is 29.0 Å². The average molecular weight is 394 g/mol. The number of rotatable bonds is 6. The van der Waals surface area contributed by atoms with Gasteiger partial charge in [-0.3, -0.25) is 4.79 Å². The summed E-state index contributed by atoms with van der Waals surface area (Å²) < 4.78 is 0. The summed E-state index contributed by atoms with van der Waals surface area (Å²) in [5.41, 5.74) is 2.25. The molecular formula is C23H17Cl2NO. The summed E-state index contributed by atoms with van der Waals surface area (Å²) in [7, 11) is 0. The van der Waals surface area contributed by atoms with Gasteiger partial charge in [0.15, 0.2) is 5.78 Å². The van der Waals surface area contributed by atoms with Crippen LogP contribution < -0.4 is 0 Å². The van der Waals surface area contributed by atoms with Crippen LogP contribution in [0.25, 0.3) is 0 Å². The Morgan fingerprint density at radius 3 is 2.15 bits per heavy atom. The Labute approximate surface area is 169 Å². The summed E-state index contributed by atoms with van der Waals surface area (Å²) in [4.78, 5) is 12.9. The Bertz CT molecular complexity index is 965. The van der Waals surface area contributed by atoms with E-state index in [1.165, 1.54) is 0 Å². The monoisotopic (exact) mass is 393 g/mol. The molecule has 0 aliphatic carbocycles. The second-order valence-corrected chi connectivity index (χ2v) is 7.13. The maximum Gasteiger partial charge on any atom is 0.163 e. The van der Waals surface area contributed by atoms with E-state index in [4.69, 9.17) is 23.2 Å². The van der Waals surface area contributed by atoms with Crippen LogP contribution in [0, 0.1) is 11.3 Å². The van der Waals surface area contributed by atoms with Crippen molar-refractivity contribution in [3.63, 3.8) is 0 Å². The van der Waals surface area contributed by atoms with Crippen LogP contribution in [-0.4, -0.2) is 5.78 Å². The number of halogens is 2. The average Bonchev–Trinajstić information content (AvgIpc) is 2.70. The summed E-state index contributed by atoms with van der Waals surface area (Å²) in [5, 5.41) is 10.9. The number of Topliss-reactive ketones (excluding diaryl/α,β-unsaturated/α-hetero) is 1. The topological polar surface area (TPSA) is 40.9 Å². The number of hydrogen-bond acceptors (Lipinski definition) is 2. The summed E-state index contributed by atoms with van der Waals surface area (Å²) >= 11 is 12.4. The van der Waals surface area contributed by atoms with Crippen LogP contribution in [0.5, 0.6) is 0 Å². The van der Waals surface area contributed by atoms with Gasteiger partial charge in [0.1, 0.15) is 0 Å². The van der Waals surface area contributed by atoms with Crippen LogP contribution in [0.2, 0.25) is 10.0 Å². The van der Waals surface area contributed by atoms with Crippen molar-refractivity contribution in [3.8, 4) is 6.07 Å². The van der Waals surface area contributed by atoms with Crippen LogP contribution in [0.15, 0.2) is 78.9 Å². The first-order chi connectivity index (χ1) is 13.1. The van der Waals surface area contributed by atoms with Gasteiger partial charge in [0.05, 0.1) is 12.0 Å². The van der Waals surface area contributed by atoms with E-state index in [-0.39, 0.29) is 18.1 Å². The molecule has 0 heterocycles. The van der Waals surface area contributed by atoms with Crippen molar-refractivity contribution in [1.82, 2.24) is 0 Å². The van der Waals surface area contributed by atoms with Gasteiger partial charge in [-0.05, 0) is 23.3 Å². The van der Waals surface area contributed by atoms with Gasteiger partial charge in [-0.15, -0.1) is 0 Å². The summed E-state index contributed by atoms with van der Waals surface area (Å²) in [6.07, 6.45) is 0.214. The molecule has 0 aromatic heterocycles. The molecule has 27 heavy (non-hydrogen) atoms. The Balaban J connectivity index is 2.01. The third kappa shape index (κ3) is 4.57. The van der Waals surface area contributed by atoms with Gasteiger partial charge in [-0.2, -0.15) is 5.26 Å². The lowest BCUT2D eigenvalue weighted by Gasteiger charge is -2.23. The molecule has 0 aliphatic rings. The number of ketones is 1. The molecule has 0 N–H and O–H groups in total. The van der Waals surface area contributed by atoms with Crippen molar-refractivity contribution < 1.29 is 4.79 Å². The lowest BCUT2D eigenvalue weighted by atomic mass is 9.78. The van der Waals surface area contributed by atoms with Crippen LogP contribution in [0.3, 0.4) is 0 Å². The smallest absolute Gasteiger partial charge is 0.163 e. The summed E-state index contributed by atoms with van der Waals surface area (Å²) in [6, 6.07) is 26.2. The second kappa shape index (κ2) is 8.86. The Hall–Kier alpha value is -2.60. The molecule has 3 rings (SSSR count). The van der Waals surface area contributed by atoms with Crippen molar-refractivity contribution in [2.45, 2.75) is 18.3 Å². The van der Waals surface area contributed by atoms with Crippen molar-refractivity contribution in [3.05, 3.63) is 106 Å². The number of benzene rings is 3. The van der Waals surface area contributed by atoms with Crippen LogP contribution in [-0.2, 0) is 0 Å². The third-order valence-electron chi connectivity index (χ3n) is 4.57. The fourth-order valence-electron chi connectivity index (χ4n) is 3.20. The van der Waals surface area contributed by atoms with E-state index in [0.717, 1.165) is 5.56 Å². The van der Waals surface area contributed by atoms with Gasteiger partial charge < -0.3 is 0 Å². The third-order valence-corrected chi connectivity index (χ3v) is 5.13.